The Hall–Kier alpha value is -2.05. The molecule has 2 N–H and O–H groups in total. The average Bonchev–Trinajstić information content (AvgIpc) is 2.37. The summed E-state index contributed by atoms with van der Waals surface area (Å²) in [5, 5.41) is 22.7. The molecular formula is C12H11BrN4O. The van der Waals surface area contributed by atoms with Crippen molar-refractivity contribution in [3.8, 4) is 12.1 Å². The highest BCUT2D eigenvalue weighted by molar-refractivity contribution is 9.10. The molecule has 18 heavy (non-hydrogen) atoms. The van der Waals surface area contributed by atoms with Gasteiger partial charge in [-0.1, -0.05) is 15.9 Å². The second-order valence-electron chi connectivity index (χ2n) is 3.41. The van der Waals surface area contributed by atoms with Crippen LogP contribution in [0.4, 0.5) is 5.69 Å². The number of nitrogens with zero attached hydrogens (tertiary/aromatic N) is 2. The molecule has 1 amide bonds. The highest BCUT2D eigenvalue weighted by Gasteiger charge is 2.05. The molecule has 0 atom stereocenters. The van der Waals surface area contributed by atoms with Gasteiger partial charge in [-0.25, -0.2) is 0 Å². The summed E-state index contributed by atoms with van der Waals surface area (Å²) in [6.45, 7) is 0.407. The van der Waals surface area contributed by atoms with Crippen LogP contribution in [-0.4, -0.2) is 19.0 Å². The Morgan fingerprint density at radius 3 is 2.83 bits per heavy atom. The van der Waals surface area contributed by atoms with Crippen LogP contribution in [0.25, 0.3) is 0 Å². The number of anilines is 1. The van der Waals surface area contributed by atoms with E-state index in [-0.39, 0.29) is 18.9 Å². The quantitative estimate of drug-likeness (QED) is 0.811. The van der Waals surface area contributed by atoms with Crippen LogP contribution in [-0.2, 0) is 4.79 Å². The Bertz CT molecular complexity index is 516. The largest absolute Gasteiger partial charge is 0.375 e. The summed E-state index contributed by atoms with van der Waals surface area (Å²) in [6.07, 6.45) is 0.285. The van der Waals surface area contributed by atoms with Gasteiger partial charge in [-0.15, -0.1) is 0 Å². The fourth-order valence-electron chi connectivity index (χ4n) is 1.26. The molecule has 5 nitrogen and oxygen atoms in total. The van der Waals surface area contributed by atoms with Gasteiger partial charge in [0.1, 0.15) is 6.07 Å². The maximum Gasteiger partial charge on any atom is 0.239 e. The van der Waals surface area contributed by atoms with Crippen LogP contribution >= 0.6 is 15.9 Å². The van der Waals surface area contributed by atoms with E-state index >= 15 is 0 Å². The van der Waals surface area contributed by atoms with Crippen LogP contribution in [0.3, 0.4) is 0 Å². The Morgan fingerprint density at radius 2 is 2.17 bits per heavy atom. The number of hydrogen-bond acceptors (Lipinski definition) is 4. The van der Waals surface area contributed by atoms with E-state index < -0.39 is 0 Å². The Kier molecular flexibility index (Phi) is 5.69. The Balaban J connectivity index is 2.51. The number of hydrogen-bond donors (Lipinski definition) is 2. The number of carbonyl (C=O) groups is 1. The number of amides is 1. The minimum atomic E-state index is -0.211. The lowest BCUT2D eigenvalue weighted by atomic mass is 10.2. The van der Waals surface area contributed by atoms with E-state index in [1.54, 1.807) is 18.2 Å². The maximum absolute atomic E-state index is 11.4. The molecule has 92 valence electrons. The van der Waals surface area contributed by atoms with E-state index in [4.69, 9.17) is 10.5 Å². The van der Waals surface area contributed by atoms with Crippen molar-refractivity contribution in [2.75, 3.05) is 18.4 Å². The fraction of sp³-hybridized carbons (Fsp3) is 0.250. The van der Waals surface area contributed by atoms with Crippen molar-refractivity contribution in [2.45, 2.75) is 6.42 Å². The zero-order chi connectivity index (χ0) is 13.4. The molecule has 0 unspecified atom stereocenters. The van der Waals surface area contributed by atoms with Gasteiger partial charge in [0.2, 0.25) is 5.91 Å². The lowest BCUT2D eigenvalue weighted by molar-refractivity contribution is -0.119. The predicted molar refractivity (Wildman–Crippen MR) is 70.6 cm³/mol. The van der Waals surface area contributed by atoms with Gasteiger partial charge < -0.3 is 10.6 Å². The molecule has 0 fully saturated rings. The molecular weight excluding hydrogens is 296 g/mol. The Labute approximate surface area is 114 Å². The van der Waals surface area contributed by atoms with Crippen molar-refractivity contribution in [1.82, 2.24) is 5.32 Å². The lowest BCUT2D eigenvalue weighted by Gasteiger charge is -2.08. The minimum absolute atomic E-state index is 0.0712. The molecule has 0 heterocycles. The van der Waals surface area contributed by atoms with E-state index in [0.29, 0.717) is 17.8 Å². The van der Waals surface area contributed by atoms with Gasteiger partial charge in [-0.2, -0.15) is 10.5 Å². The average molecular weight is 307 g/mol. The first-order valence-electron chi connectivity index (χ1n) is 5.24. The SMILES string of the molecule is N#CCCNC(=O)CNc1ccc(Br)cc1C#N. The zero-order valence-electron chi connectivity index (χ0n) is 9.53. The first-order chi connectivity index (χ1) is 8.67. The normalized spacial score (nSPS) is 9.06. The Morgan fingerprint density at radius 1 is 1.39 bits per heavy atom. The third-order valence-corrected chi connectivity index (χ3v) is 2.59. The number of benzene rings is 1. The van der Waals surface area contributed by atoms with Crippen LogP contribution < -0.4 is 10.6 Å². The van der Waals surface area contributed by atoms with Gasteiger partial charge in [0.15, 0.2) is 0 Å². The lowest BCUT2D eigenvalue weighted by Crippen LogP contribution is -2.30. The van der Waals surface area contributed by atoms with E-state index in [2.05, 4.69) is 26.6 Å². The third kappa shape index (κ3) is 4.44. The number of carbonyl (C=O) groups excluding carboxylic acids is 1. The molecule has 0 aliphatic heterocycles. The summed E-state index contributed by atoms with van der Waals surface area (Å²) in [5.74, 6) is -0.211. The van der Waals surface area contributed by atoms with Crippen LogP contribution in [0.2, 0.25) is 0 Å². The van der Waals surface area contributed by atoms with Crippen molar-refractivity contribution in [1.29, 1.82) is 10.5 Å². The maximum atomic E-state index is 11.4. The summed E-state index contributed by atoms with van der Waals surface area (Å²) in [5.41, 5.74) is 1.07. The number of halogens is 1. The van der Waals surface area contributed by atoms with Gasteiger partial charge >= 0.3 is 0 Å². The first-order valence-corrected chi connectivity index (χ1v) is 6.04. The zero-order valence-corrected chi connectivity index (χ0v) is 11.1. The predicted octanol–water partition coefficient (Wildman–Crippen LogP) is 1.76. The van der Waals surface area contributed by atoms with Crippen molar-refractivity contribution < 1.29 is 4.79 Å². The number of nitriles is 2. The van der Waals surface area contributed by atoms with Gasteiger partial charge in [0.25, 0.3) is 0 Å². The summed E-state index contributed by atoms with van der Waals surface area (Å²) in [4.78, 5) is 11.4. The molecule has 0 aliphatic carbocycles. The van der Waals surface area contributed by atoms with E-state index in [1.807, 2.05) is 12.1 Å². The van der Waals surface area contributed by atoms with Crippen LogP contribution in [0.5, 0.6) is 0 Å². The summed E-state index contributed by atoms with van der Waals surface area (Å²) < 4.78 is 0.808. The van der Waals surface area contributed by atoms with Gasteiger partial charge in [0, 0.05) is 11.0 Å². The van der Waals surface area contributed by atoms with Crippen molar-refractivity contribution in [2.24, 2.45) is 0 Å². The van der Waals surface area contributed by atoms with Gasteiger partial charge in [0.05, 0.1) is 30.3 Å². The van der Waals surface area contributed by atoms with Crippen molar-refractivity contribution in [3.05, 3.63) is 28.2 Å². The van der Waals surface area contributed by atoms with Crippen LogP contribution in [0, 0.1) is 22.7 Å². The molecule has 1 aromatic rings. The summed E-state index contributed by atoms with van der Waals surface area (Å²) >= 11 is 3.27. The molecule has 0 saturated carbocycles. The topological polar surface area (TPSA) is 88.7 Å². The smallest absolute Gasteiger partial charge is 0.239 e. The molecule has 0 spiro atoms. The number of nitrogens with one attached hydrogen (secondary N) is 2. The van der Waals surface area contributed by atoms with Crippen LogP contribution in [0.15, 0.2) is 22.7 Å². The molecule has 1 rings (SSSR count). The molecule has 1 aromatic carbocycles. The first kappa shape index (κ1) is 14.0. The van der Waals surface area contributed by atoms with Gasteiger partial charge in [-0.05, 0) is 18.2 Å². The molecule has 0 aliphatic rings. The second-order valence-corrected chi connectivity index (χ2v) is 4.33. The molecule has 6 heteroatoms. The highest BCUT2D eigenvalue weighted by Crippen LogP contribution is 2.19. The molecule has 0 saturated heterocycles. The minimum Gasteiger partial charge on any atom is -0.375 e. The van der Waals surface area contributed by atoms with Gasteiger partial charge in [-0.3, -0.25) is 4.79 Å². The van der Waals surface area contributed by atoms with E-state index in [9.17, 15) is 4.79 Å². The van der Waals surface area contributed by atoms with E-state index in [0.717, 1.165) is 4.47 Å². The van der Waals surface area contributed by atoms with Crippen molar-refractivity contribution in [3.63, 3.8) is 0 Å². The third-order valence-electron chi connectivity index (χ3n) is 2.10. The molecule has 0 bridgehead atoms. The number of rotatable bonds is 5. The monoisotopic (exact) mass is 306 g/mol. The molecule has 0 radical (unpaired) electrons. The standard InChI is InChI=1S/C12H11BrN4O/c13-10-2-3-11(9(6-10)7-15)17-8-12(18)16-5-1-4-14/h2-3,6,17H,1,5,8H2,(H,16,18). The highest BCUT2D eigenvalue weighted by atomic mass is 79.9. The summed E-state index contributed by atoms with van der Waals surface area (Å²) in [7, 11) is 0. The van der Waals surface area contributed by atoms with Crippen LogP contribution in [0.1, 0.15) is 12.0 Å². The summed E-state index contributed by atoms with van der Waals surface area (Å²) in [6, 6.07) is 9.18. The van der Waals surface area contributed by atoms with Crippen molar-refractivity contribution >= 4 is 27.5 Å². The second kappa shape index (κ2) is 7.31. The fourth-order valence-corrected chi connectivity index (χ4v) is 1.62. The van der Waals surface area contributed by atoms with E-state index in [1.165, 1.54) is 0 Å². The molecule has 0 aromatic heterocycles.